The summed E-state index contributed by atoms with van der Waals surface area (Å²) in [5.74, 6) is 0. The third kappa shape index (κ3) is 3.26. The molecule has 1 aliphatic carbocycles. The number of nitrogens with one attached hydrogen (secondary N) is 1. The molecule has 4 heteroatoms. The first-order valence-electron chi connectivity index (χ1n) is 9.30. The van der Waals surface area contributed by atoms with Crippen LogP contribution in [0.3, 0.4) is 0 Å². The third-order valence-electron chi connectivity index (χ3n) is 5.60. The van der Waals surface area contributed by atoms with Gasteiger partial charge in [0, 0.05) is 29.9 Å². The van der Waals surface area contributed by atoms with Crippen molar-refractivity contribution in [2.75, 3.05) is 13.1 Å². The Bertz CT molecular complexity index is 679. The van der Waals surface area contributed by atoms with Crippen LogP contribution in [0, 0.1) is 13.8 Å². The first kappa shape index (κ1) is 15.9. The largest absolute Gasteiger partial charge is 0.310 e. The summed E-state index contributed by atoms with van der Waals surface area (Å²) in [7, 11) is 0. The molecule has 1 aliphatic heterocycles. The second kappa shape index (κ2) is 6.69. The van der Waals surface area contributed by atoms with Crippen molar-refractivity contribution in [3.8, 4) is 5.69 Å². The van der Waals surface area contributed by atoms with Gasteiger partial charge < -0.3 is 10.2 Å². The van der Waals surface area contributed by atoms with E-state index in [0.29, 0.717) is 6.04 Å². The molecular weight excluding hydrogens is 296 g/mol. The minimum atomic E-state index is 0.652. The molecule has 2 aliphatic rings. The molecule has 0 unspecified atom stereocenters. The molecule has 4 rings (SSSR count). The van der Waals surface area contributed by atoms with Crippen molar-refractivity contribution in [3.63, 3.8) is 0 Å². The second-order valence-electron chi connectivity index (χ2n) is 7.32. The smallest absolute Gasteiger partial charge is 0.0648 e. The van der Waals surface area contributed by atoms with Gasteiger partial charge >= 0.3 is 0 Å². The Kier molecular flexibility index (Phi) is 4.42. The highest BCUT2D eigenvalue weighted by atomic mass is 15.3. The lowest BCUT2D eigenvalue weighted by Gasteiger charge is -2.32. The summed E-state index contributed by atoms with van der Waals surface area (Å²) in [6.45, 7) is 7.77. The van der Waals surface area contributed by atoms with Gasteiger partial charge in [0.15, 0.2) is 0 Å². The molecule has 1 saturated heterocycles. The molecule has 2 fully saturated rings. The Morgan fingerprint density at radius 1 is 1.04 bits per heavy atom. The Morgan fingerprint density at radius 2 is 1.75 bits per heavy atom. The zero-order valence-electron chi connectivity index (χ0n) is 14.8. The van der Waals surface area contributed by atoms with Crippen LogP contribution in [0.1, 0.15) is 42.6 Å². The van der Waals surface area contributed by atoms with Crippen LogP contribution in [0.5, 0.6) is 0 Å². The Morgan fingerprint density at radius 3 is 2.42 bits per heavy atom. The van der Waals surface area contributed by atoms with E-state index in [1.165, 1.54) is 50.0 Å². The molecule has 0 bridgehead atoms. The maximum atomic E-state index is 4.76. The van der Waals surface area contributed by atoms with Gasteiger partial charge in [0.05, 0.1) is 11.4 Å². The van der Waals surface area contributed by atoms with Crippen molar-refractivity contribution in [2.24, 2.45) is 0 Å². The van der Waals surface area contributed by atoms with E-state index in [2.05, 4.69) is 53.0 Å². The van der Waals surface area contributed by atoms with E-state index in [1.807, 2.05) is 6.07 Å². The molecule has 128 valence electrons. The van der Waals surface area contributed by atoms with E-state index in [0.717, 1.165) is 24.0 Å². The molecule has 2 heterocycles. The van der Waals surface area contributed by atoms with Crippen molar-refractivity contribution >= 4 is 0 Å². The van der Waals surface area contributed by atoms with E-state index in [9.17, 15) is 0 Å². The summed E-state index contributed by atoms with van der Waals surface area (Å²) >= 11 is 0. The maximum Gasteiger partial charge on any atom is 0.0648 e. The fraction of sp³-hybridized carbons (Fsp3) is 0.550. The van der Waals surface area contributed by atoms with Gasteiger partial charge in [-0.3, -0.25) is 0 Å². The van der Waals surface area contributed by atoms with Crippen LogP contribution in [0.15, 0.2) is 30.3 Å². The van der Waals surface area contributed by atoms with Crippen molar-refractivity contribution in [1.82, 2.24) is 20.0 Å². The molecule has 1 saturated carbocycles. The molecule has 1 N–H and O–H groups in total. The summed E-state index contributed by atoms with van der Waals surface area (Å²) in [4.78, 5) is 2.68. The van der Waals surface area contributed by atoms with Crippen LogP contribution >= 0.6 is 0 Å². The molecule has 24 heavy (non-hydrogen) atoms. The molecule has 2 aromatic rings. The number of hydrogen-bond acceptors (Lipinski definition) is 3. The van der Waals surface area contributed by atoms with Crippen molar-refractivity contribution in [2.45, 2.75) is 58.2 Å². The Labute approximate surface area is 144 Å². The van der Waals surface area contributed by atoms with Gasteiger partial charge in [-0.15, -0.1) is 0 Å². The van der Waals surface area contributed by atoms with Gasteiger partial charge in [0.2, 0.25) is 0 Å². The van der Waals surface area contributed by atoms with Crippen LogP contribution in [-0.4, -0.2) is 39.9 Å². The highest BCUT2D eigenvalue weighted by Crippen LogP contribution is 2.29. The fourth-order valence-electron chi connectivity index (χ4n) is 3.91. The molecule has 0 radical (unpaired) electrons. The zero-order valence-corrected chi connectivity index (χ0v) is 14.8. The van der Waals surface area contributed by atoms with Crippen molar-refractivity contribution in [3.05, 3.63) is 47.3 Å². The van der Waals surface area contributed by atoms with Crippen molar-refractivity contribution in [1.29, 1.82) is 0 Å². The summed E-state index contributed by atoms with van der Waals surface area (Å²) < 4.78 is 2.07. The summed E-state index contributed by atoms with van der Waals surface area (Å²) in [5.41, 5.74) is 4.88. The number of para-hydroxylation sites is 1. The molecule has 0 spiro atoms. The Balaban J connectivity index is 1.39. The minimum Gasteiger partial charge on any atom is -0.310 e. The maximum absolute atomic E-state index is 4.76. The van der Waals surface area contributed by atoms with Gasteiger partial charge in [0.1, 0.15) is 0 Å². The molecule has 0 amide bonds. The van der Waals surface area contributed by atoms with E-state index < -0.39 is 0 Å². The van der Waals surface area contributed by atoms with E-state index in [1.54, 1.807) is 0 Å². The van der Waals surface area contributed by atoms with Crippen LogP contribution in [-0.2, 0) is 6.54 Å². The van der Waals surface area contributed by atoms with Gasteiger partial charge in [-0.2, -0.15) is 5.10 Å². The molecule has 0 atom stereocenters. The summed E-state index contributed by atoms with van der Waals surface area (Å²) in [6, 6.07) is 12.0. The van der Waals surface area contributed by atoms with Gasteiger partial charge in [-0.05, 0) is 64.8 Å². The highest BCUT2D eigenvalue weighted by molar-refractivity contribution is 5.36. The predicted molar refractivity (Wildman–Crippen MR) is 97.5 cm³/mol. The molecule has 1 aromatic heterocycles. The number of aryl methyl sites for hydroxylation is 1. The first-order valence-corrected chi connectivity index (χ1v) is 9.30. The van der Waals surface area contributed by atoms with Crippen LogP contribution < -0.4 is 5.32 Å². The topological polar surface area (TPSA) is 33.1 Å². The zero-order chi connectivity index (χ0) is 16.5. The van der Waals surface area contributed by atoms with E-state index in [-0.39, 0.29) is 0 Å². The van der Waals surface area contributed by atoms with E-state index >= 15 is 0 Å². The predicted octanol–water partition coefficient (Wildman–Crippen LogP) is 3.21. The van der Waals surface area contributed by atoms with E-state index in [4.69, 9.17) is 5.10 Å². The SMILES string of the molecule is Cc1nn(-c2ccccc2)c(C)c1CNC1CCN(C2CC2)CC1. The summed E-state index contributed by atoms with van der Waals surface area (Å²) in [5, 5.41) is 8.54. The quantitative estimate of drug-likeness (QED) is 0.917. The number of likely N-dealkylation sites (tertiary alicyclic amines) is 1. The fourth-order valence-corrected chi connectivity index (χ4v) is 3.91. The molecular formula is C20H28N4. The summed E-state index contributed by atoms with van der Waals surface area (Å²) in [6.07, 6.45) is 5.41. The number of piperidine rings is 1. The van der Waals surface area contributed by atoms with Crippen LogP contribution in [0.25, 0.3) is 5.69 Å². The van der Waals surface area contributed by atoms with Gasteiger partial charge in [-0.25, -0.2) is 4.68 Å². The van der Waals surface area contributed by atoms with Crippen LogP contribution in [0.4, 0.5) is 0 Å². The first-order chi connectivity index (χ1) is 11.7. The van der Waals surface area contributed by atoms with Crippen molar-refractivity contribution < 1.29 is 0 Å². The third-order valence-corrected chi connectivity index (χ3v) is 5.60. The lowest BCUT2D eigenvalue weighted by atomic mass is 10.0. The monoisotopic (exact) mass is 324 g/mol. The minimum absolute atomic E-state index is 0.652. The number of rotatable bonds is 5. The number of aromatic nitrogens is 2. The number of benzene rings is 1. The van der Waals surface area contributed by atoms with Gasteiger partial charge in [0.25, 0.3) is 0 Å². The lowest BCUT2D eigenvalue weighted by molar-refractivity contribution is 0.189. The standard InChI is InChI=1S/C20H28N4/c1-15-20(16(2)24(22-15)19-6-4-3-5-7-19)14-21-17-10-12-23(13-11-17)18-8-9-18/h3-7,17-18,21H,8-14H2,1-2H3. The van der Waals surface area contributed by atoms with Crippen LogP contribution in [0.2, 0.25) is 0 Å². The molecule has 1 aromatic carbocycles. The average molecular weight is 324 g/mol. The average Bonchev–Trinajstić information content (AvgIpc) is 3.42. The number of hydrogen-bond donors (Lipinski definition) is 1. The van der Waals surface area contributed by atoms with Gasteiger partial charge in [-0.1, -0.05) is 18.2 Å². The second-order valence-corrected chi connectivity index (χ2v) is 7.32. The highest BCUT2D eigenvalue weighted by Gasteiger charge is 2.31. The number of nitrogens with zero attached hydrogens (tertiary/aromatic N) is 3. The Hall–Kier alpha value is -1.65. The normalized spacial score (nSPS) is 19.8. The molecule has 4 nitrogen and oxygen atoms in total. The lowest BCUT2D eigenvalue weighted by Crippen LogP contribution is -2.43.